The van der Waals surface area contributed by atoms with Crippen molar-refractivity contribution in [3.63, 3.8) is 0 Å². The number of rotatable bonds is 1. The summed E-state index contributed by atoms with van der Waals surface area (Å²) >= 11 is 0. The quantitative estimate of drug-likeness (QED) is 0.532. The molecule has 1 rings (SSSR count). The molecule has 0 heterocycles. The molecule has 0 amide bonds. The van der Waals surface area contributed by atoms with E-state index < -0.39 is 0 Å². The van der Waals surface area contributed by atoms with Gasteiger partial charge in [-0.1, -0.05) is 51.2 Å². The molecule has 0 saturated carbocycles. The first-order valence-corrected chi connectivity index (χ1v) is 4.45. The van der Waals surface area contributed by atoms with E-state index in [1.807, 2.05) is 13.8 Å². The van der Waals surface area contributed by atoms with Crippen LogP contribution in [-0.4, -0.2) is 0 Å². The van der Waals surface area contributed by atoms with Gasteiger partial charge in [-0.25, -0.2) is 0 Å². The molecule has 62 valence electrons. The van der Waals surface area contributed by atoms with Gasteiger partial charge in [-0.15, -0.1) is 0 Å². The first kappa shape index (κ1) is 10.2. The third kappa shape index (κ3) is 4.60. The lowest BCUT2D eigenvalue weighted by molar-refractivity contribution is 1.15. The van der Waals surface area contributed by atoms with E-state index in [9.17, 15) is 0 Å². The van der Waals surface area contributed by atoms with Crippen LogP contribution in [-0.2, 0) is 0 Å². The van der Waals surface area contributed by atoms with Crippen LogP contribution < -0.4 is 0 Å². The Morgan fingerprint density at radius 3 is 2.64 bits per heavy atom. The van der Waals surface area contributed by atoms with Crippen molar-refractivity contribution >= 4 is 0 Å². The van der Waals surface area contributed by atoms with Crippen LogP contribution >= 0.6 is 0 Å². The minimum Gasteiger partial charge on any atom is -0.0807 e. The molecule has 1 aliphatic carbocycles. The van der Waals surface area contributed by atoms with Crippen LogP contribution in [0.1, 0.15) is 33.6 Å². The molecule has 0 atom stereocenters. The molecule has 0 heteroatoms. The molecule has 0 spiro atoms. The summed E-state index contributed by atoms with van der Waals surface area (Å²) < 4.78 is 0. The van der Waals surface area contributed by atoms with Gasteiger partial charge in [-0.3, -0.25) is 0 Å². The third-order valence-electron chi connectivity index (χ3n) is 1.46. The van der Waals surface area contributed by atoms with Gasteiger partial charge in [0.05, 0.1) is 0 Å². The predicted molar refractivity (Wildman–Crippen MR) is 52.6 cm³/mol. The molecule has 0 aromatic heterocycles. The summed E-state index contributed by atoms with van der Waals surface area (Å²) in [6, 6.07) is 0. The molecule has 11 heavy (non-hydrogen) atoms. The molecule has 0 unspecified atom stereocenters. The normalized spacial score (nSPS) is 14.6. The highest BCUT2D eigenvalue weighted by atomic mass is 13.9. The van der Waals surface area contributed by atoms with Crippen molar-refractivity contribution in [3.05, 3.63) is 36.0 Å². The van der Waals surface area contributed by atoms with Crippen molar-refractivity contribution in [1.82, 2.24) is 0 Å². The van der Waals surface area contributed by atoms with Gasteiger partial charge in [-0.05, 0) is 18.4 Å². The molecule has 1 aliphatic rings. The number of hydrogen-bond donors (Lipinski definition) is 0. The predicted octanol–water partition coefficient (Wildman–Crippen LogP) is 3.87. The molecule has 0 aromatic rings. The first-order valence-electron chi connectivity index (χ1n) is 4.45. The molecule has 0 aliphatic heterocycles. The fourth-order valence-corrected chi connectivity index (χ4v) is 0.859. The van der Waals surface area contributed by atoms with Crippen LogP contribution in [0.4, 0.5) is 0 Å². The van der Waals surface area contributed by atoms with Gasteiger partial charge in [0, 0.05) is 0 Å². The van der Waals surface area contributed by atoms with E-state index in [-0.39, 0.29) is 0 Å². The molecule has 0 nitrogen and oxygen atoms in total. The smallest absolute Gasteiger partial charge is 0.0163 e. The molecule has 0 N–H and O–H groups in total. The second-order valence-electron chi connectivity index (χ2n) is 2.16. The van der Waals surface area contributed by atoms with Crippen LogP contribution in [0.2, 0.25) is 0 Å². The highest BCUT2D eigenvalue weighted by Crippen LogP contribution is 2.06. The Hall–Kier alpha value is -0.780. The molecule has 0 aromatic carbocycles. The van der Waals surface area contributed by atoms with Crippen molar-refractivity contribution < 1.29 is 0 Å². The summed E-state index contributed by atoms with van der Waals surface area (Å²) in [5.74, 6) is 0. The standard InChI is InChI=1S/C9H12.C2H6/c1-2-9-7-5-3-4-6-8-9;1-2/h3,5-8H,2,4H2,1H3;1-2H3. The fourth-order valence-electron chi connectivity index (χ4n) is 0.859. The lowest BCUT2D eigenvalue weighted by Gasteiger charge is -1.89. The molecule has 0 fully saturated rings. The van der Waals surface area contributed by atoms with Crippen LogP contribution in [0.25, 0.3) is 0 Å². The maximum atomic E-state index is 2.19. The average molecular weight is 150 g/mol. The Balaban J connectivity index is 0.000000461. The fraction of sp³-hybridized carbons (Fsp3) is 0.455. The largest absolute Gasteiger partial charge is 0.0807 e. The van der Waals surface area contributed by atoms with Gasteiger partial charge in [0.15, 0.2) is 0 Å². The van der Waals surface area contributed by atoms with Gasteiger partial charge in [-0.2, -0.15) is 0 Å². The van der Waals surface area contributed by atoms with E-state index in [0.717, 1.165) is 12.8 Å². The van der Waals surface area contributed by atoms with Crippen LogP contribution in [0.5, 0.6) is 0 Å². The third-order valence-corrected chi connectivity index (χ3v) is 1.46. The second kappa shape index (κ2) is 7.33. The minimum absolute atomic E-state index is 1.08. The highest BCUT2D eigenvalue weighted by Gasteiger charge is 1.86. The Morgan fingerprint density at radius 1 is 1.27 bits per heavy atom. The van der Waals surface area contributed by atoms with E-state index in [1.165, 1.54) is 5.57 Å². The molecular formula is C11H18. The van der Waals surface area contributed by atoms with Crippen LogP contribution in [0.3, 0.4) is 0 Å². The Kier molecular flexibility index (Phi) is 6.81. The van der Waals surface area contributed by atoms with Crippen molar-refractivity contribution in [3.8, 4) is 0 Å². The van der Waals surface area contributed by atoms with Crippen molar-refractivity contribution in [2.45, 2.75) is 33.6 Å². The Morgan fingerprint density at radius 2 is 2.00 bits per heavy atom. The Bertz CT molecular complexity index is 159. The van der Waals surface area contributed by atoms with Gasteiger partial charge in [0.25, 0.3) is 0 Å². The van der Waals surface area contributed by atoms with E-state index in [1.54, 1.807) is 0 Å². The molecule has 0 saturated heterocycles. The summed E-state index contributed by atoms with van der Waals surface area (Å²) in [5, 5.41) is 0. The highest BCUT2D eigenvalue weighted by molar-refractivity contribution is 5.26. The summed E-state index contributed by atoms with van der Waals surface area (Å²) in [6.07, 6.45) is 13.1. The zero-order valence-corrected chi connectivity index (χ0v) is 7.80. The van der Waals surface area contributed by atoms with Crippen molar-refractivity contribution in [1.29, 1.82) is 0 Å². The first-order chi connectivity index (χ1) is 5.43. The van der Waals surface area contributed by atoms with Crippen molar-refractivity contribution in [2.75, 3.05) is 0 Å². The zero-order chi connectivity index (χ0) is 8.53. The van der Waals surface area contributed by atoms with Gasteiger partial charge < -0.3 is 0 Å². The van der Waals surface area contributed by atoms with E-state index in [4.69, 9.17) is 0 Å². The van der Waals surface area contributed by atoms with Crippen LogP contribution in [0, 0.1) is 0 Å². The van der Waals surface area contributed by atoms with Crippen LogP contribution in [0.15, 0.2) is 36.0 Å². The maximum Gasteiger partial charge on any atom is -0.0163 e. The van der Waals surface area contributed by atoms with Gasteiger partial charge in [0.2, 0.25) is 0 Å². The van der Waals surface area contributed by atoms with Gasteiger partial charge in [0.1, 0.15) is 0 Å². The van der Waals surface area contributed by atoms with Crippen molar-refractivity contribution in [2.24, 2.45) is 0 Å². The monoisotopic (exact) mass is 150 g/mol. The Labute approximate surface area is 70.3 Å². The minimum atomic E-state index is 1.08. The van der Waals surface area contributed by atoms with E-state index >= 15 is 0 Å². The summed E-state index contributed by atoms with van der Waals surface area (Å²) in [5.41, 5.74) is 1.42. The topological polar surface area (TPSA) is 0 Å². The summed E-state index contributed by atoms with van der Waals surface area (Å²) in [4.78, 5) is 0. The average Bonchev–Trinajstić information content (AvgIpc) is 2.35. The van der Waals surface area contributed by atoms with E-state index in [2.05, 4.69) is 37.3 Å². The van der Waals surface area contributed by atoms with Gasteiger partial charge >= 0.3 is 0 Å². The van der Waals surface area contributed by atoms with E-state index in [0.29, 0.717) is 0 Å². The molecular weight excluding hydrogens is 132 g/mol. The zero-order valence-electron chi connectivity index (χ0n) is 7.80. The lowest BCUT2D eigenvalue weighted by Crippen LogP contribution is -1.69. The summed E-state index contributed by atoms with van der Waals surface area (Å²) in [7, 11) is 0. The molecule has 0 radical (unpaired) electrons. The summed E-state index contributed by atoms with van der Waals surface area (Å²) in [6.45, 7) is 6.18. The molecule has 0 bridgehead atoms. The SMILES string of the molecule is CC.CCC1=CC=CCC=C1. The number of hydrogen-bond acceptors (Lipinski definition) is 0. The lowest BCUT2D eigenvalue weighted by atomic mass is 10.2. The second-order valence-corrected chi connectivity index (χ2v) is 2.16. The number of allylic oxidation sites excluding steroid dienone is 6. The maximum absolute atomic E-state index is 2.19.